The van der Waals surface area contributed by atoms with Crippen LogP contribution in [0.25, 0.3) is 10.4 Å². The van der Waals surface area contributed by atoms with E-state index in [-0.39, 0.29) is 23.5 Å². The summed E-state index contributed by atoms with van der Waals surface area (Å²) in [7, 11) is -3.73. The molecule has 0 unspecified atom stereocenters. The number of carbonyl (C=O) groups excluding carboxylic acids is 1. The van der Waals surface area contributed by atoms with Crippen LogP contribution in [-0.2, 0) is 10.0 Å². The van der Waals surface area contributed by atoms with E-state index in [1.54, 1.807) is 12.1 Å². The Hall–Kier alpha value is -2.05. The topological polar surface area (TPSA) is 103 Å². The molecule has 0 radical (unpaired) electrons. The number of fused-ring (bicyclic) bond motifs is 1. The second-order valence-corrected chi connectivity index (χ2v) is 5.52. The number of nitrogens with zero attached hydrogens (tertiary/aromatic N) is 4. The highest BCUT2D eigenvalue weighted by Crippen LogP contribution is 2.29. The summed E-state index contributed by atoms with van der Waals surface area (Å²) in [5.41, 5.74) is 8.31. The zero-order valence-corrected chi connectivity index (χ0v) is 10.2. The van der Waals surface area contributed by atoms with Crippen molar-refractivity contribution in [3.8, 4) is 0 Å². The molecule has 1 heterocycles. The van der Waals surface area contributed by atoms with Crippen molar-refractivity contribution in [1.82, 2.24) is 4.31 Å². The van der Waals surface area contributed by atoms with Crippen molar-refractivity contribution < 1.29 is 13.2 Å². The van der Waals surface area contributed by atoms with Crippen LogP contribution in [0.1, 0.15) is 16.8 Å². The summed E-state index contributed by atoms with van der Waals surface area (Å²) in [5, 5.41) is 3.30. The summed E-state index contributed by atoms with van der Waals surface area (Å²) >= 11 is 0. The zero-order valence-electron chi connectivity index (χ0n) is 9.35. The molecule has 18 heavy (non-hydrogen) atoms. The van der Waals surface area contributed by atoms with Gasteiger partial charge in [0.1, 0.15) is 4.90 Å². The van der Waals surface area contributed by atoms with Crippen LogP contribution in [0.5, 0.6) is 0 Å². The van der Waals surface area contributed by atoms with Crippen LogP contribution in [0.4, 0.5) is 0 Å². The van der Waals surface area contributed by atoms with E-state index < -0.39 is 15.9 Å². The van der Waals surface area contributed by atoms with Crippen LogP contribution < -0.4 is 0 Å². The van der Waals surface area contributed by atoms with Crippen molar-refractivity contribution in [3.63, 3.8) is 0 Å². The Kier molecular flexibility index (Phi) is 3.22. The van der Waals surface area contributed by atoms with Crippen LogP contribution in [-0.4, -0.2) is 31.7 Å². The Bertz CT molecular complexity index is 634. The lowest BCUT2D eigenvalue weighted by atomic mass is 10.2. The molecule has 8 heteroatoms. The second kappa shape index (κ2) is 4.67. The van der Waals surface area contributed by atoms with Gasteiger partial charge in [0.2, 0.25) is 0 Å². The molecule has 0 bridgehead atoms. The molecule has 1 aliphatic heterocycles. The fourth-order valence-corrected chi connectivity index (χ4v) is 3.39. The number of hydrogen-bond acceptors (Lipinski definition) is 4. The molecule has 1 aromatic rings. The molecule has 0 fully saturated rings. The van der Waals surface area contributed by atoms with Gasteiger partial charge < -0.3 is 0 Å². The second-order valence-electron chi connectivity index (χ2n) is 3.69. The Labute approximate surface area is 104 Å². The van der Waals surface area contributed by atoms with E-state index in [0.717, 1.165) is 4.31 Å². The number of rotatable bonds is 4. The van der Waals surface area contributed by atoms with Gasteiger partial charge in [-0.15, -0.1) is 0 Å². The van der Waals surface area contributed by atoms with Gasteiger partial charge in [0.05, 0.1) is 5.56 Å². The highest BCUT2D eigenvalue weighted by molar-refractivity contribution is 7.90. The molecule has 0 N–H and O–H groups in total. The molecule has 0 saturated heterocycles. The van der Waals surface area contributed by atoms with Gasteiger partial charge in [-0.05, 0) is 24.1 Å². The van der Waals surface area contributed by atoms with Crippen LogP contribution in [0.3, 0.4) is 0 Å². The molecule has 2 rings (SSSR count). The minimum Gasteiger partial charge on any atom is -0.268 e. The lowest BCUT2D eigenvalue weighted by Crippen LogP contribution is -2.31. The molecule has 0 aromatic heterocycles. The summed E-state index contributed by atoms with van der Waals surface area (Å²) < 4.78 is 24.9. The average molecular weight is 266 g/mol. The molecule has 0 saturated carbocycles. The third-order valence-corrected chi connectivity index (χ3v) is 4.44. The number of sulfonamides is 1. The summed E-state index contributed by atoms with van der Waals surface area (Å²) in [6, 6.07) is 6.10. The van der Waals surface area contributed by atoms with E-state index in [1.165, 1.54) is 12.1 Å². The highest BCUT2D eigenvalue weighted by Gasteiger charge is 2.40. The molecule has 1 amide bonds. The number of carbonyl (C=O) groups is 1. The normalized spacial score (nSPS) is 16.2. The third kappa shape index (κ3) is 1.92. The number of amides is 1. The maximum absolute atomic E-state index is 12.1. The van der Waals surface area contributed by atoms with Gasteiger partial charge in [-0.1, -0.05) is 17.2 Å². The van der Waals surface area contributed by atoms with Crippen molar-refractivity contribution in [1.29, 1.82) is 0 Å². The first kappa shape index (κ1) is 12.4. The predicted molar refractivity (Wildman–Crippen MR) is 63.3 cm³/mol. The number of benzene rings is 1. The monoisotopic (exact) mass is 266 g/mol. The Balaban J connectivity index is 2.25. The van der Waals surface area contributed by atoms with Crippen molar-refractivity contribution in [2.24, 2.45) is 5.11 Å². The van der Waals surface area contributed by atoms with Crippen molar-refractivity contribution in [3.05, 3.63) is 40.3 Å². The van der Waals surface area contributed by atoms with Crippen LogP contribution >= 0.6 is 0 Å². The average Bonchev–Trinajstić information content (AvgIpc) is 2.55. The first-order valence-electron chi connectivity index (χ1n) is 5.26. The van der Waals surface area contributed by atoms with E-state index in [2.05, 4.69) is 10.0 Å². The van der Waals surface area contributed by atoms with Gasteiger partial charge >= 0.3 is 0 Å². The summed E-state index contributed by atoms with van der Waals surface area (Å²) in [5.74, 6) is -0.522. The molecular weight excluding hydrogens is 256 g/mol. The third-order valence-electron chi connectivity index (χ3n) is 2.59. The highest BCUT2D eigenvalue weighted by atomic mass is 32.2. The Morgan fingerprint density at radius 2 is 2.06 bits per heavy atom. The maximum atomic E-state index is 12.1. The first-order valence-corrected chi connectivity index (χ1v) is 6.70. The summed E-state index contributed by atoms with van der Waals surface area (Å²) in [6.07, 6.45) is 0.309. The van der Waals surface area contributed by atoms with Gasteiger partial charge in [-0.2, -0.15) is 0 Å². The SMILES string of the molecule is [N-]=[N+]=NCCCN1C(=O)c2ccccc2S1(=O)=O. The minimum absolute atomic E-state index is 0.0227. The van der Waals surface area contributed by atoms with Crippen molar-refractivity contribution in [2.75, 3.05) is 13.1 Å². The largest absolute Gasteiger partial charge is 0.269 e. The molecule has 7 nitrogen and oxygen atoms in total. The number of hydrogen-bond donors (Lipinski definition) is 0. The first-order chi connectivity index (χ1) is 8.59. The Morgan fingerprint density at radius 1 is 1.33 bits per heavy atom. The molecule has 1 aliphatic rings. The van der Waals surface area contributed by atoms with Crippen LogP contribution in [0.2, 0.25) is 0 Å². The molecular formula is C10H10N4O3S. The van der Waals surface area contributed by atoms with E-state index in [9.17, 15) is 13.2 Å². The standard InChI is InChI=1S/C10H10N4O3S/c11-13-12-6-3-7-14-10(15)8-4-1-2-5-9(8)18(14,16)17/h1-2,4-5H,3,6-7H2. The predicted octanol–water partition coefficient (Wildman–Crippen LogP) is 1.53. The fraction of sp³-hybridized carbons (Fsp3) is 0.300. The lowest BCUT2D eigenvalue weighted by Gasteiger charge is -2.13. The van der Waals surface area contributed by atoms with Gasteiger partial charge in [0.15, 0.2) is 0 Å². The fourth-order valence-electron chi connectivity index (χ4n) is 1.78. The lowest BCUT2D eigenvalue weighted by molar-refractivity contribution is 0.0870. The molecule has 0 atom stereocenters. The number of azide groups is 1. The summed E-state index contributed by atoms with van der Waals surface area (Å²) in [6.45, 7) is 0.182. The smallest absolute Gasteiger partial charge is 0.268 e. The zero-order chi connectivity index (χ0) is 13.2. The van der Waals surface area contributed by atoms with Crippen LogP contribution in [0, 0.1) is 0 Å². The minimum atomic E-state index is -3.73. The van der Waals surface area contributed by atoms with Gasteiger partial charge in [0.25, 0.3) is 15.9 Å². The molecule has 0 aliphatic carbocycles. The van der Waals surface area contributed by atoms with Crippen LogP contribution in [0.15, 0.2) is 34.3 Å². The van der Waals surface area contributed by atoms with E-state index in [1.807, 2.05) is 0 Å². The van der Waals surface area contributed by atoms with E-state index in [0.29, 0.717) is 6.42 Å². The maximum Gasteiger partial charge on any atom is 0.269 e. The summed E-state index contributed by atoms with van der Waals surface area (Å²) in [4.78, 5) is 14.5. The molecule has 94 valence electrons. The molecule has 0 spiro atoms. The van der Waals surface area contributed by atoms with E-state index in [4.69, 9.17) is 5.53 Å². The van der Waals surface area contributed by atoms with Gasteiger partial charge in [-0.25, -0.2) is 12.7 Å². The van der Waals surface area contributed by atoms with Crippen molar-refractivity contribution in [2.45, 2.75) is 11.3 Å². The Morgan fingerprint density at radius 3 is 2.72 bits per heavy atom. The van der Waals surface area contributed by atoms with Gasteiger partial charge in [-0.3, -0.25) is 4.79 Å². The van der Waals surface area contributed by atoms with Crippen molar-refractivity contribution >= 4 is 15.9 Å². The quantitative estimate of drug-likeness (QED) is 0.357. The molecule has 1 aromatic carbocycles. The van der Waals surface area contributed by atoms with Gasteiger partial charge in [0, 0.05) is 18.0 Å². The van der Waals surface area contributed by atoms with E-state index >= 15 is 0 Å².